The first-order chi connectivity index (χ1) is 3.55. The zero-order valence-corrected chi connectivity index (χ0v) is 5.65. The molecule has 0 rings (SSSR count). The van der Waals surface area contributed by atoms with E-state index in [1.54, 1.807) is 0 Å². The van der Waals surface area contributed by atoms with Gasteiger partial charge in [-0.3, -0.25) is 9.59 Å². The predicted octanol–water partition coefficient (Wildman–Crippen LogP) is 0.471. The summed E-state index contributed by atoms with van der Waals surface area (Å²) in [5, 5.41) is 0. The van der Waals surface area contributed by atoms with E-state index in [0.717, 1.165) is 0 Å². The molecule has 2 amide bonds. The van der Waals surface area contributed by atoms with E-state index in [-0.39, 0.29) is 0 Å². The molecule has 8 heavy (non-hydrogen) atoms. The van der Waals surface area contributed by atoms with E-state index in [1.807, 2.05) is 0 Å². The highest BCUT2D eigenvalue weighted by atomic mass is 32.7. The molecule has 0 aromatic rings. The first-order valence-electron chi connectivity index (χ1n) is 1.63. The number of thiol groups is 1. The van der Waals surface area contributed by atoms with Crippen LogP contribution < -0.4 is 11.5 Å². The smallest absolute Gasteiger partial charge is 0.258 e. The highest BCUT2D eigenvalue weighted by molar-refractivity contribution is 8.56. The molecule has 0 radical (unpaired) electrons. The second-order valence-electron chi connectivity index (χ2n) is 0.988. The highest BCUT2D eigenvalue weighted by Gasteiger charge is 2.15. The Morgan fingerprint density at radius 3 is 1.50 bits per heavy atom. The van der Waals surface area contributed by atoms with E-state index < -0.39 is 18.4 Å². The van der Waals surface area contributed by atoms with Gasteiger partial charge in [0.2, 0.25) is 0 Å². The zero-order chi connectivity index (χ0) is 6.73. The molecule has 0 spiro atoms. The molecule has 0 aromatic carbocycles. The fourth-order valence-electron chi connectivity index (χ4n) is 0.109. The molecule has 0 saturated heterocycles. The molecule has 0 heterocycles. The summed E-state index contributed by atoms with van der Waals surface area (Å²) in [7, 11) is -1.73. The van der Waals surface area contributed by atoms with Crippen molar-refractivity contribution in [3.63, 3.8) is 0 Å². The Morgan fingerprint density at radius 1 is 1.25 bits per heavy atom. The van der Waals surface area contributed by atoms with E-state index in [1.165, 1.54) is 0 Å². The molecular weight excluding hydrogens is 147 g/mol. The minimum absolute atomic E-state index is 0.754. The van der Waals surface area contributed by atoms with E-state index in [4.69, 9.17) is 0 Å². The first kappa shape index (κ1) is 7.72. The van der Waals surface area contributed by atoms with Crippen molar-refractivity contribution >= 4 is 30.7 Å². The number of hydrogen-bond donors (Lipinski definition) is 3. The van der Waals surface area contributed by atoms with Crippen LogP contribution in [0.25, 0.3) is 0 Å². The van der Waals surface area contributed by atoms with Crippen molar-refractivity contribution in [2.75, 3.05) is 0 Å². The molecule has 4 nitrogen and oxygen atoms in total. The van der Waals surface area contributed by atoms with Crippen LogP contribution in [0.2, 0.25) is 0 Å². The predicted molar refractivity (Wildman–Crippen MR) is 35.1 cm³/mol. The maximum absolute atomic E-state index is 10.0. The molecule has 0 aromatic heterocycles. The number of amides is 2. The molecule has 4 N–H and O–H groups in total. The van der Waals surface area contributed by atoms with E-state index >= 15 is 0 Å². The van der Waals surface area contributed by atoms with Gasteiger partial charge >= 0.3 is 0 Å². The Morgan fingerprint density at radius 2 is 1.50 bits per heavy atom. The molecule has 0 bridgehead atoms. The van der Waals surface area contributed by atoms with Crippen LogP contribution in [-0.2, 0) is 0 Å². The number of carbonyl (C=O) groups excluding carboxylic acids is 2. The van der Waals surface area contributed by atoms with Gasteiger partial charge in [-0.15, -0.1) is 12.2 Å². The lowest BCUT2D eigenvalue weighted by Crippen LogP contribution is -2.13. The number of nitrogens with two attached hydrogens (primary N) is 2. The lowest BCUT2D eigenvalue weighted by Gasteiger charge is -1.96. The molecule has 0 aliphatic heterocycles. The van der Waals surface area contributed by atoms with Crippen molar-refractivity contribution < 1.29 is 9.59 Å². The van der Waals surface area contributed by atoms with Crippen LogP contribution in [0, 0.1) is 0 Å². The fraction of sp³-hybridized carbons (Fsp3) is 0. The normalized spacial score (nSPS) is 9.25. The Hall–Kier alpha value is -0.280. The van der Waals surface area contributed by atoms with Gasteiger partial charge in [0.25, 0.3) is 11.3 Å². The van der Waals surface area contributed by atoms with Crippen LogP contribution >= 0.6 is 19.4 Å². The molecule has 0 saturated carbocycles. The molecule has 0 aliphatic carbocycles. The third kappa shape index (κ3) is 2.14. The van der Waals surface area contributed by atoms with Crippen LogP contribution in [0.1, 0.15) is 0 Å². The summed E-state index contributed by atoms with van der Waals surface area (Å²) in [5.41, 5.74) is 7.79. The van der Waals surface area contributed by atoms with Gasteiger partial charge in [-0.2, -0.15) is 0 Å². The summed E-state index contributed by atoms with van der Waals surface area (Å²) < 4.78 is 0. The van der Waals surface area contributed by atoms with Gasteiger partial charge in [-0.1, -0.05) is 0 Å². The fourth-order valence-corrected chi connectivity index (χ4v) is 0.326. The largest absolute Gasteiger partial charge is 0.365 e. The summed E-state index contributed by atoms with van der Waals surface area (Å²) in [4.78, 5) is 20.0. The minimum atomic E-state index is -1.73. The van der Waals surface area contributed by atoms with Gasteiger partial charge in [-0.05, 0) is 0 Å². The molecular formula is C2H5N2O2PS. The van der Waals surface area contributed by atoms with Crippen LogP contribution in [0.5, 0.6) is 0 Å². The van der Waals surface area contributed by atoms with Crippen molar-refractivity contribution in [2.24, 2.45) is 11.5 Å². The summed E-state index contributed by atoms with van der Waals surface area (Å²) in [5.74, 6) is 0. The number of rotatable bonds is 2. The Balaban J connectivity index is 3.83. The average Bonchev–Trinajstić information content (AvgIpc) is 1.64. The Bertz CT molecular complexity index is 113. The van der Waals surface area contributed by atoms with Crippen molar-refractivity contribution in [1.29, 1.82) is 0 Å². The topological polar surface area (TPSA) is 86.2 Å². The van der Waals surface area contributed by atoms with Gasteiger partial charge in [0, 0.05) is 0 Å². The van der Waals surface area contributed by atoms with Crippen LogP contribution in [0.15, 0.2) is 0 Å². The highest BCUT2D eigenvalue weighted by Crippen LogP contribution is 2.39. The lowest BCUT2D eigenvalue weighted by molar-refractivity contribution is 0.263. The second-order valence-corrected chi connectivity index (χ2v) is 3.69. The third-order valence-corrected chi connectivity index (χ3v) is 2.44. The minimum Gasteiger partial charge on any atom is -0.365 e. The maximum atomic E-state index is 10.0. The Kier molecular flexibility index (Phi) is 2.79. The van der Waals surface area contributed by atoms with Crippen LogP contribution in [0.4, 0.5) is 9.59 Å². The van der Waals surface area contributed by atoms with Crippen molar-refractivity contribution in [1.82, 2.24) is 0 Å². The molecule has 0 aliphatic rings. The summed E-state index contributed by atoms with van der Waals surface area (Å²) in [6, 6.07) is 0. The van der Waals surface area contributed by atoms with Gasteiger partial charge in [0.15, 0.2) is 0 Å². The number of carbonyl (C=O) groups is 2. The zero-order valence-electron chi connectivity index (χ0n) is 3.87. The standard InChI is InChI=1S/C2H5N2O2PS/c3-1(5)7(8)2(4)6/h8H,(H2,3,5)(H2,4,6). The summed E-state index contributed by atoms with van der Waals surface area (Å²) in [6.07, 6.45) is 0. The van der Waals surface area contributed by atoms with E-state index in [9.17, 15) is 9.59 Å². The molecule has 6 heteroatoms. The quantitative estimate of drug-likeness (QED) is 0.396. The van der Waals surface area contributed by atoms with Gasteiger partial charge in [0.1, 0.15) is 7.12 Å². The SMILES string of the molecule is NC(=O)P(S)C(N)=O. The molecule has 0 atom stereocenters. The summed E-state index contributed by atoms with van der Waals surface area (Å²) >= 11 is 3.54. The second kappa shape index (κ2) is 2.89. The molecule has 0 unspecified atom stereocenters. The van der Waals surface area contributed by atoms with Crippen molar-refractivity contribution in [3.05, 3.63) is 0 Å². The van der Waals surface area contributed by atoms with Crippen LogP contribution in [-0.4, -0.2) is 11.3 Å². The Labute approximate surface area is 52.5 Å². The van der Waals surface area contributed by atoms with Gasteiger partial charge in [-0.25, -0.2) is 0 Å². The molecule has 0 fully saturated rings. The summed E-state index contributed by atoms with van der Waals surface area (Å²) in [6.45, 7) is 0. The van der Waals surface area contributed by atoms with E-state index in [2.05, 4.69) is 23.7 Å². The average molecular weight is 152 g/mol. The monoisotopic (exact) mass is 152 g/mol. The molecule has 46 valence electrons. The van der Waals surface area contributed by atoms with Gasteiger partial charge in [0.05, 0.1) is 0 Å². The third-order valence-electron chi connectivity index (χ3n) is 0.418. The maximum Gasteiger partial charge on any atom is 0.258 e. The van der Waals surface area contributed by atoms with Crippen LogP contribution in [0.3, 0.4) is 0 Å². The first-order valence-corrected chi connectivity index (χ1v) is 4.13. The van der Waals surface area contributed by atoms with Crippen molar-refractivity contribution in [3.8, 4) is 0 Å². The van der Waals surface area contributed by atoms with Gasteiger partial charge < -0.3 is 11.5 Å². The number of hydrogen-bond acceptors (Lipinski definition) is 3. The lowest BCUT2D eigenvalue weighted by atomic mass is 11.4. The number of primary amides is 2. The van der Waals surface area contributed by atoms with E-state index in [0.29, 0.717) is 0 Å². The van der Waals surface area contributed by atoms with Crippen molar-refractivity contribution in [2.45, 2.75) is 0 Å².